The van der Waals surface area contributed by atoms with Crippen LogP contribution in [-0.4, -0.2) is 6.54 Å². The lowest BCUT2D eigenvalue weighted by Crippen LogP contribution is -2.20. The second-order valence-corrected chi connectivity index (χ2v) is 4.82. The fourth-order valence-electron chi connectivity index (χ4n) is 2.81. The van der Waals surface area contributed by atoms with Gasteiger partial charge in [-0.3, -0.25) is 0 Å². The van der Waals surface area contributed by atoms with Crippen molar-refractivity contribution in [3.05, 3.63) is 35.4 Å². The van der Waals surface area contributed by atoms with Gasteiger partial charge in [-0.25, -0.2) is 0 Å². The van der Waals surface area contributed by atoms with Crippen LogP contribution in [0.4, 0.5) is 0 Å². The highest BCUT2D eigenvalue weighted by atomic mass is 14.6. The van der Waals surface area contributed by atoms with Crippen molar-refractivity contribution in [2.75, 3.05) is 6.54 Å². The molecule has 0 spiro atoms. The molecule has 1 aromatic carbocycles. The molecule has 1 saturated carbocycles. The van der Waals surface area contributed by atoms with Crippen LogP contribution < -0.4 is 5.73 Å². The maximum Gasteiger partial charge on any atom is -0.00461 e. The van der Waals surface area contributed by atoms with Gasteiger partial charge < -0.3 is 5.73 Å². The zero-order chi connectivity index (χ0) is 10.7. The highest BCUT2D eigenvalue weighted by molar-refractivity contribution is 5.26. The largest absolute Gasteiger partial charge is 0.330 e. The summed E-state index contributed by atoms with van der Waals surface area (Å²) in [5.74, 6) is 1.60. The van der Waals surface area contributed by atoms with Crippen LogP contribution in [0.3, 0.4) is 0 Å². The Morgan fingerprint density at radius 1 is 1.20 bits per heavy atom. The van der Waals surface area contributed by atoms with Crippen LogP contribution >= 0.6 is 0 Å². The Morgan fingerprint density at radius 2 is 1.93 bits per heavy atom. The second kappa shape index (κ2) is 4.80. The van der Waals surface area contributed by atoms with Crippen LogP contribution in [0.2, 0.25) is 0 Å². The molecule has 0 bridgehead atoms. The lowest BCUT2D eigenvalue weighted by molar-refractivity contribution is 0.394. The van der Waals surface area contributed by atoms with E-state index in [4.69, 9.17) is 5.73 Å². The number of aryl methyl sites for hydroxylation is 1. The Bertz CT molecular complexity index is 319. The lowest BCUT2D eigenvalue weighted by atomic mass is 9.88. The number of benzene rings is 1. The molecule has 2 atom stereocenters. The second-order valence-electron chi connectivity index (χ2n) is 4.82. The van der Waals surface area contributed by atoms with E-state index in [0.29, 0.717) is 0 Å². The molecule has 0 amide bonds. The van der Waals surface area contributed by atoms with E-state index in [2.05, 4.69) is 31.2 Å². The van der Waals surface area contributed by atoms with Crippen molar-refractivity contribution in [2.24, 2.45) is 17.6 Å². The van der Waals surface area contributed by atoms with Gasteiger partial charge in [0.25, 0.3) is 0 Å². The molecule has 0 heterocycles. The van der Waals surface area contributed by atoms with Crippen LogP contribution in [0, 0.1) is 18.8 Å². The molecule has 1 aliphatic carbocycles. The van der Waals surface area contributed by atoms with E-state index >= 15 is 0 Å². The average Bonchev–Trinajstić information content (AvgIpc) is 2.69. The van der Waals surface area contributed by atoms with E-state index < -0.39 is 0 Å². The zero-order valence-electron chi connectivity index (χ0n) is 9.58. The standard InChI is InChI=1S/C14H21N/c1-11-5-2-3-6-12(11)9-13-7-4-8-14(13)10-15/h2-3,5-6,13-14H,4,7-10,15H2,1H3. The third-order valence-corrected chi connectivity index (χ3v) is 3.86. The Balaban J connectivity index is 2.05. The molecule has 2 N–H and O–H groups in total. The van der Waals surface area contributed by atoms with E-state index in [-0.39, 0.29) is 0 Å². The first-order valence-electron chi connectivity index (χ1n) is 6.06. The molecule has 2 unspecified atom stereocenters. The van der Waals surface area contributed by atoms with Crippen LogP contribution in [0.25, 0.3) is 0 Å². The highest BCUT2D eigenvalue weighted by Crippen LogP contribution is 2.33. The predicted octanol–water partition coefficient (Wildman–Crippen LogP) is 2.91. The molecule has 15 heavy (non-hydrogen) atoms. The van der Waals surface area contributed by atoms with Crippen molar-refractivity contribution in [1.82, 2.24) is 0 Å². The van der Waals surface area contributed by atoms with E-state index in [1.807, 2.05) is 0 Å². The maximum atomic E-state index is 5.82. The average molecular weight is 203 g/mol. The van der Waals surface area contributed by atoms with Crippen LogP contribution in [-0.2, 0) is 6.42 Å². The van der Waals surface area contributed by atoms with Crippen LogP contribution in [0.1, 0.15) is 30.4 Å². The molecular formula is C14H21N. The molecular weight excluding hydrogens is 182 g/mol. The number of rotatable bonds is 3. The van der Waals surface area contributed by atoms with Crippen molar-refractivity contribution in [3.63, 3.8) is 0 Å². The molecule has 1 heteroatoms. The van der Waals surface area contributed by atoms with Crippen molar-refractivity contribution in [1.29, 1.82) is 0 Å². The van der Waals surface area contributed by atoms with Gasteiger partial charge in [0.2, 0.25) is 0 Å². The summed E-state index contributed by atoms with van der Waals surface area (Å²) in [6.45, 7) is 3.08. The molecule has 82 valence electrons. The third kappa shape index (κ3) is 2.40. The normalized spacial score (nSPS) is 25.7. The smallest absolute Gasteiger partial charge is 0.00461 e. The minimum Gasteiger partial charge on any atom is -0.330 e. The Labute approximate surface area is 92.7 Å². The maximum absolute atomic E-state index is 5.82. The van der Waals surface area contributed by atoms with Gasteiger partial charge in [-0.2, -0.15) is 0 Å². The summed E-state index contributed by atoms with van der Waals surface area (Å²) in [5, 5.41) is 0. The quantitative estimate of drug-likeness (QED) is 0.803. The summed E-state index contributed by atoms with van der Waals surface area (Å²) in [5.41, 5.74) is 8.76. The van der Waals surface area contributed by atoms with Crippen molar-refractivity contribution in [3.8, 4) is 0 Å². The summed E-state index contributed by atoms with van der Waals surface area (Å²) >= 11 is 0. The SMILES string of the molecule is Cc1ccccc1CC1CCCC1CN. The van der Waals surface area contributed by atoms with Crippen molar-refractivity contribution < 1.29 is 0 Å². The number of hydrogen-bond donors (Lipinski definition) is 1. The molecule has 1 aliphatic rings. The van der Waals surface area contributed by atoms with E-state index in [1.165, 1.54) is 36.8 Å². The molecule has 0 aromatic heterocycles. The molecule has 0 radical (unpaired) electrons. The minimum atomic E-state index is 0.768. The lowest BCUT2D eigenvalue weighted by Gasteiger charge is -2.18. The third-order valence-electron chi connectivity index (χ3n) is 3.86. The number of hydrogen-bond acceptors (Lipinski definition) is 1. The molecule has 1 aromatic rings. The molecule has 0 saturated heterocycles. The first-order valence-corrected chi connectivity index (χ1v) is 6.06. The minimum absolute atomic E-state index is 0.768. The topological polar surface area (TPSA) is 26.0 Å². The summed E-state index contributed by atoms with van der Waals surface area (Å²) in [6, 6.07) is 8.74. The summed E-state index contributed by atoms with van der Waals surface area (Å²) in [7, 11) is 0. The van der Waals surface area contributed by atoms with Crippen LogP contribution in [0.5, 0.6) is 0 Å². The van der Waals surface area contributed by atoms with E-state index in [9.17, 15) is 0 Å². The van der Waals surface area contributed by atoms with Gasteiger partial charge in [-0.05, 0) is 55.7 Å². The Kier molecular flexibility index (Phi) is 3.42. The fraction of sp³-hybridized carbons (Fsp3) is 0.571. The Morgan fingerprint density at radius 3 is 2.67 bits per heavy atom. The van der Waals surface area contributed by atoms with E-state index in [0.717, 1.165) is 18.4 Å². The summed E-state index contributed by atoms with van der Waals surface area (Å²) < 4.78 is 0. The molecule has 1 nitrogen and oxygen atoms in total. The van der Waals surface area contributed by atoms with Crippen LogP contribution in [0.15, 0.2) is 24.3 Å². The summed E-state index contributed by atoms with van der Waals surface area (Å²) in [4.78, 5) is 0. The predicted molar refractivity (Wildman–Crippen MR) is 64.8 cm³/mol. The van der Waals surface area contributed by atoms with Gasteiger partial charge in [0.15, 0.2) is 0 Å². The van der Waals surface area contributed by atoms with Gasteiger partial charge in [0.05, 0.1) is 0 Å². The molecule has 0 aliphatic heterocycles. The van der Waals surface area contributed by atoms with Gasteiger partial charge in [0.1, 0.15) is 0 Å². The first-order chi connectivity index (χ1) is 7.31. The van der Waals surface area contributed by atoms with Crippen molar-refractivity contribution >= 4 is 0 Å². The Hall–Kier alpha value is -0.820. The van der Waals surface area contributed by atoms with Gasteiger partial charge >= 0.3 is 0 Å². The van der Waals surface area contributed by atoms with Gasteiger partial charge in [-0.1, -0.05) is 30.7 Å². The highest BCUT2D eigenvalue weighted by Gasteiger charge is 2.26. The monoisotopic (exact) mass is 203 g/mol. The van der Waals surface area contributed by atoms with Gasteiger partial charge in [-0.15, -0.1) is 0 Å². The van der Waals surface area contributed by atoms with E-state index in [1.54, 1.807) is 0 Å². The first kappa shape index (κ1) is 10.7. The molecule has 2 rings (SSSR count). The molecule has 1 fully saturated rings. The summed E-state index contributed by atoms with van der Waals surface area (Å²) in [6.07, 6.45) is 5.32. The van der Waals surface area contributed by atoms with Gasteiger partial charge in [0, 0.05) is 0 Å². The van der Waals surface area contributed by atoms with Crippen molar-refractivity contribution in [2.45, 2.75) is 32.6 Å². The number of nitrogens with two attached hydrogens (primary N) is 1. The fourth-order valence-corrected chi connectivity index (χ4v) is 2.81. The zero-order valence-corrected chi connectivity index (χ0v) is 9.58.